The summed E-state index contributed by atoms with van der Waals surface area (Å²) >= 11 is 0. The average molecular weight is 337 g/mol. The summed E-state index contributed by atoms with van der Waals surface area (Å²) in [5, 5.41) is 0. The van der Waals surface area contributed by atoms with Crippen LogP contribution in [0.25, 0.3) is 0 Å². The zero-order chi connectivity index (χ0) is 11.1. The number of guanidine groups is 1. The number of halogens is 1. The van der Waals surface area contributed by atoms with Gasteiger partial charge in [0.25, 0.3) is 0 Å². The summed E-state index contributed by atoms with van der Waals surface area (Å²) in [5.41, 5.74) is 5.83. The molecule has 1 rings (SSSR count). The number of imidazole rings is 1. The van der Waals surface area contributed by atoms with Crippen LogP contribution < -0.4 is 5.73 Å². The van der Waals surface area contributed by atoms with Crippen molar-refractivity contribution in [1.29, 1.82) is 0 Å². The van der Waals surface area contributed by atoms with Crippen LogP contribution in [0, 0.1) is 0 Å². The molecule has 0 fully saturated rings. The highest BCUT2D eigenvalue weighted by Crippen LogP contribution is 1.89. The molecule has 0 amide bonds. The third-order valence-corrected chi connectivity index (χ3v) is 2.28. The molecular formula is C10H20IN5. The van der Waals surface area contributed by atoms with Gasteiger partial charge in [0.05, 0.1) is 12.9 Å². The molecule has 0 radical (unpaired) electrons. The molecular weight excluding hydrogens is 317 g/mol. The van der Waals surface area contributed by atoms with Gasteiger partial charge in [0, 0.05) is 32.0 Å². The predicted molar refractivity (Wildman–Crippen MR) is 77.1 cm³/mol. The van der Waals surface area contributed by atoms with Gasteiger partial charge in [0.2, 0.25) is 0 Å². The first kappa shape index (κ1) is 15.2. The minimum atomic E-state index is 0. The molecule has 0 aliphatic carbocycles. The van der Waals surface area contributed by atoms with Gasteiger partial charge in [-0.15, -0.1) is 24.0 Å². The molecule has 0 atom stereocenters. The van der Waals surface area contributed by atoms with E-state index in [4.69, 9.17) is 5.73 Å². The molecule has 5 nitrogen and oxygen atoms in total. The highest BCUT2D eigenvalue weighted by Gasteiger charge is 2.00. The molecule has 0 aliphatic rings. The molecule has 0 spiro atoms. The van der Waals surface area contributed by atoms with E-state index in [1.807, 2.05) is 15.7 Å². The Hall–Kier alpha value is -0.790. The van der Waals surface area contributed by atoms with Crippen molar-refractivity contribution >= 4 is 29.9 Å². The second-order valence-electron chi connectivity index (χ2n) is 3.21. The minimum Gasteiger partial charge on any atom is -0.370 e. The van der Waals surface area contributed by atoms with Gasteiger partial charge in [-0.1, -0.05) is 0 Å². The van der Waals surface area contributed by atoms with Gasteiger partial charge >= 0.3 is 0 Å². The van der Waals surface area contributed by atoms with E-state index in [0.29, 0.717) is 12.5 Å². The third kappa shape index (κ3) is 4.82. The van der Waals surface area contributed by atoms with E-state index < -0.39 is 0 Å². The van der Waals surface area contributed by atoms with Gasteiger partial charge in [0.15, 0.2) is 5.96 Å². The lowest BCUT2D eigenvalue weighted by atomic mass is 10.5. The number of aliphatic imine (C=N–C) groups is 1. The maximum Gasteiger partial charge on any atom is 0.191 e. The van der Waals surface area contributed by atoms with Crippen LogP contribution in [0.15, 0.2) is 23.7 Å². The van der Waals surface area contributed by atoms with Crippen molar-refractivity contribution < 1.29 is 0 Å². The zero-order valence-electron chi connectivity index (χ0n) is 9.83. The summed E-state index contributed by atoms with van der Waals surface area (Å²) in [6.45, 7) is 7.46. The largest absolute Gasteiger partial charge is 0.370 e. The van der Waals surface area contributed by atoms with E-state index in [-0.39, 0.29) is 24.0 Å². The molecule has 0 aromatic carbocycles. The monoisotopic (exact) mass is 337 g/mol. The maximum atomic E-state index is 5.83. The minimum absolute atomic E-state index is 0. The molecule has 1 aromatic heterocycles. The van der Waals surface area contributed by atoms with Crippen molar-refractivity contribution in [2.45, 2.75) is 20.4 Å². The molecule has 0 aliphatic heterocycles. The zero-order valence-corrected chi connectivity index (χ0v) is 12.2. The predicted octanol–water partition coefficient (Wildman–Crippen LogP) is 1.16. The van der Waals surface area contributed by atoms with E-state index in [0.717, 1.165) is 19.6 Å². The quantitative estimate of drug-likeness (QED) is 0.498. The lowest BCUT2D eigenvalue weighted by Gasteiger charge is -2.19. The fraction of sp³-hybridized carbons (Fsp3) is 0.600. The molecule has 92 valence electrons. The summed E-state index contributed by atoms with van der Waals surface area (Å²) in [4.78, 5) is 10.3. The van der Waals surface area contributed by atoms with Crippen LogP contribution in [0.1, 0.15) is 13.8 Å². The molecule has 16 heavy (non-hydrogen) atoms. The molecule has 0 saturated carbocycles. The fourth-order valence-corrected chi connectivity index (χ4v) is 1.35. The van der Waals surface area contributed by atoms with Crippen LogP contribution >= 0.6 is 24.0 Å². The SMILES string of the molecule is CCN(CC)C(N)=NCCn1ccnc1.I. The van der Waals surface area contributed by atoms with E-state index in [2.05, 4.69) is 23.8 Å². The molecule has 2 N–H and O–H groups in total. The maximum absolute atomic E-state index is 5.83. The highest BCUT2D eigenvalue weighted by atomic mass is 127. The van der Waals surface area contributed by atoms with E-state index >= 15 is 0 Å². The molecule has 0 saturated heterocycles. The van der Waals surface area contributed by atoms with Crippen LogP contribution in [-0.2, 0) is 6.54 Å². The van der Waals surface area contributed by atoms with Gasteiger partial charge < -0.3 is 15.2 Å². The van der Waals surface area contributed by atoms with Gasteiger partial charge in [-0.2, -0.15) is 0 Å². The van der Waals surface area contributed by atoms with Gasteiger partial charge in [-0.25, -0.2) is 4.98 Å². The van der Waals surface area contributed by atoms with Crippen LogP contribution in [0.4, 0.5) is 0 Å². The number of hydrogen-bond acceptors (Lipinski definition) is 2. The van der Waals surface area contributed by atoms with Gasteiger partial charge in [-0.05, 0) is 13.8 Å². The summed E-state index contributed by atoms with van der Waals surface area (Å²) in [5.74, 6) is 0.625. The summed E-state index contributed by atoms with van der Waals surface area (Å²) in [7, 11) is 0. The molecule has 1 heterocycles. The number of hydrogen-bond donors (Lipinski definition) is 1. The second kappa shape index (κ2) is 8.37. The van der Waals surface area contributed by atoms with Crippen molar-refractivity contribution in [1.82, 2.24) is 14.5 Å². The Morgan fingerprint density at radius 1 is 1.44 bits per heavy atom. The van der Waals surface area contributed by atoms with Crippen molar-refractivity contribution in [3.63, 3.8) is 0 Å². The van der Waals surface area contributed by atoms with E-state index in [1.54, 1.807) is 12.5 Å². The highest BCUT2D eigenvalue weighted by molar-refractivity contribution is 14.0. The van der Waals surface area contributed by atoms with Crippen molar-refractivity contribution in [3.8, 4) is 0 Å². The van der Waals surface area contributed by atoms with E-state index in [1.165, 1.54) is 0 Å². The van der Waals surface area contributed by atoms with Crippen LogP contribution in [0.5, 0.6) is 0 Å². The first-order chi connectivity index (χ1) is 7.27. The number of nitrogens with two attached hydrogens (primary N) is 1. The Morgan fingerprint density at radius 2 is 2.12 bits per heavy atom. The topological polar surface area (TPSA) is 59.4 Å². The Labute approximate surface area is 114 Å². The van der Waals surface area contributed by atoms with Crippen molar-refractivity contribution in [2.75, 3.05) is 19.6 Å². The van der Waals surface area contributed by atoms with Crippen LogP contribution in [0.2, 0.25) is 0 Å². The molecule has 1 aromatic rings. The Morgan fingerprint density at radius 3 is 2.62 bits per heavy atom. The standard InChI is InChI=1S/C10H19N5.HI/c1-3-15(4-2)10(11)13-6-8-14-7-5-12-9-14;/h5,7,9H,3-4,6,8H2,1-2H3,(H2,11,13);1H. The molecule has 0 bridgehead atoms. The molecule has 6 heteroatoms. The van der Waals surface area contributed by atoms with Gasteiger partial charge in [-0.3, -0.25) is 4.99 Å². The third-order valence-electron chi connectivity index (χ3n) is 2.28. The van der Waals surface area contributed by atoms with E-state index in [9.17, 15) is 0 Å². The Kier molecular flexibility index (Phi) is 7.96. The normalized spacial score (nSPS) is 11.0. The smallest absolute Gasteiger partial charge is 0.191 e. The molecule has 0 unspecified atom stereocenters. The Bertz CT molecular complexity index is 292. The van der Waals surface area contributed by atoms with Gasteiger partial charge in [0.1, 0.15) is 0 Å². The van der Waals surface area contributed by atoms with Crippen LogP contribution in [-0.4, -0.2) is 40.0 Å². The lowest BCUT2D eigenvalue weighted by Crippen LogP contribution is -2.37. The first-order valence-corrected chi connectivity index (χ1v) is 5.28. The number of rotatable bonds is 5. The van der Waals surface area contributed by atoms with Crippen molar-refractivity contribution in [2.24, 2.45) is 10.7 Å². The Balaban J connectivity index is 0.00000225. The lowest BCUT2D eigenvalue weighted by molar-refractivity contribution is 0.457. The summed E-state index contributed by atoms with van der Waals surface area (Å²) in [6.07, 6.45) is 5.46. The fourth-order valence-electron chi connectivity index (χ4n) is 1.35. The average Bonchev–Trinajstić information content (AvgIpc) is 2.72. The number of nitrogens with zero attached hydrogens (tertiary/aromatic N) is 4. The number of aromatic nitrogens is 2. The van der Waals surface area contributed by atoms with Crippen LogP contribution in [0.3, 0.4) is 0 Å². The van der Waals surface area contributed by atoms with Crippen molar-refractivity contribution in [3.05, 3.63) is 18.7 Å². The second-order valence-corrected chi connectivity index (χ2v) is 3.21. The first-order valence-electron chi connectivity index (χ1n) is 5.28. The summed E-state index contributed by atoms with van der Waals surface area (Å²) in [6, 6.07) is 0. The summed E-state index contributed by atoms with van der Waals surface area (Å²) < 4.78 is 1.99.